The van der Waals surface area contributed by atoms with Gasteiger partial charge >= 0.3 is 0 Å². The molecule has 0 saturated heterocycles. The van der Waals surface area contributed by atoms with Crippen molar-refractivity contribution in [1.82, 2.24) is 0 Å². The lowest BCUT2D eigenvalue weighted by Gasteiger charge is -2.12. The first-order valence-electron chi connectivity index (χ1n) is 9.11. The molecule has 27 heavy (non-hydrogen) atoms. The van der Waals surface area contributed by atoms with Gasteiger partial charge < -0.3 is 9.47 Å². The molecule has 3 aromatic carbocycles. The van der Waals surface area contributed by atoms with Crippen LogP contribution in [-0.2, 0) is 0 Å². The minimum absolute atomic E-state index is 0.611. The molecule has 0 aromatic heterocycles. The summed E-state index contributed by atoms with van der Waals surface area (Å²) < 4.78 is 11.5. The SMILES string of the molecule is CCOc1cc(/C=C/c2ccccc2)c(OC)cc1/C=C/c1ccccc1. The maximum atomic E-state index is 5.88. The summed E-state index contributed by atoms with van der Waals surface area (Å²) in [5.74, 6) is 1.66. The van der Waals surface area contributed by atoms with Gasteiger partial charge in [-0.05, 0) is 30.2 Å². The molecule has 0 atom stereocenters. The van der Waals surface area contributed by atoms with Crippen LogP contribution in [0.25, 0.3) is 24.3 Å². The van der Waals surface area contributed by atoms with Crippen LogP contribution in [0, 0.1) is 0 Å². The van der Waals surface area contributed by atoms with Crippen LogP contribution in [0.2, 0.25) is 0 Å². The summed E-state index contributed by atoms with van der Waals surface area (Å²) in [6, 6.07) is 24.5. The zero-order valence-electron chi connectivity index (χ0n) is 15.8. The van der Waals surface area contributed by atoms with E-state index in [-0.39, 0.29) is 0 Å². The van der Waals surface area contributed by atoms with Gasteiger partial charge in [0.25, 0.3) is 0 Å². The molecule has 0 heterocycles. The third kappa shape index (κ3) is 5.11. The number of ether oxygens (including phenoxy) is 2. The Hall–Kier alpha value is -3.26. The Kier molecular flexibility index (Phi) is 6.48. The van der Waals surface area contributed by atoms with Gasteiger partial charge in [-0.3, -0.25) is 0 Å². The summed E-state index contributed by atoms with van der Waals surface area (Å²) in [4.78, 5) is 0. The summed E-state index contributed by atoms with van der Waals surface area (Å²) in [5, 5.41) is 0. The highest BCUT2D eigenvalue weighted by molar-refractivity contribution is 5.78. The van der Waals surface area contributed by atoms with Crippen molar-refractivity contribution in [1.29, 1.82) is 0 Å². The van der Waals surface area contributed by atoms with Crippen molar-refractivity contribution in [2.24, 2.45) is 0 Å². The van der Waals surface area contributed by atoms with E-state index in [1.165, 1.54) is 0 Å². The Morgan fingerprint density at radius 1 is 0.667 bits per heavy atom. The maximum Gasteiger partial charge on any atom is 0.127 e. The molecule has 0 N–H and O–H groups in total. The first-order valence-corrected chi connectivity index (χ1v) is 9.11. The molecule has 3 aromatic rings. The zero-order valence-corrected chi connectivity index (χ0v) is 15.8. The van der Waals surface area contributed by atoms with E-state index in [4.69, 9.17) is 9.47 Å². The minimum Gasteiger partial charge on any atom is -0.496 e. The van der Waals surface area contributed by atoms with E-state index >= 15 is 0 Å². The molecular formula is C25H24O2. The van der Waals surface area contributed by atoms with Gasteiger partial charge in [0.2, 0.25) is 0 Å². The van der Waals surface area contributed by atoms with Gasteiger partial charge in [-0.2, -0.15) is 0 Å². The second-order valence-electron chi connectivity index (χ2n) is 6.05. The molecule has 0 fully saturated rings. The smallest absolute Gasteiger partial charge is 0.127 e. The standard InChI is InChI=1S/C25H24O2/c1-3-27-25-19-22(16-14-20-10-6-4-7-11-20)24(26-2)18-23(25)17-15-21-12-8-5-9-13-21/h4-19H,3H2,1-2H3/b16-14+,17-15+. The number of benzene rings is 3. The quantitative estimate of drug-likeness (QED) is 0.454. The number of rotatable bonds is 7. The lowest BCUT2D eigenvalue weighted by molar-refractivity contribution is 0.338. The summed E-state index contributed by atoms with van der Waals surface area (Å²) in [5.41, 5.74) is 4.27. The Morgan fingerprint density at radius 2 is 1.15 bits per heavy atom. The van der Waals surface area contributed by atoms with Crippen LogP contribution in [0.4, 0.5) is 0 Å². The van der Waals surface area contributed by atoms with Crippen molar-refractivity contribution in [2.75, 3.05) is 13.7 Å². The van der Waals surface area contributed by atoms with Gasteiger partial charge in [0.15, 0.2) is 0 Å². The zero-order chi connectivity index (χ0) is 18.9. The molecule has 3 rings (SSSR count). The summed E-state index contributed by atoms with van der Waals surface area (Å²) >= 11 is 0. The molecular weight excluding hydrogens is 332 g/mol. The molecule has 0 radical (unpaired) electrons. The first kappa shape index (κ1) is 18.5. The van der Waals surface area contributed by atoms with Crippen LogP contribution in [0.1, 0.15) is 29.2 Å². The lowest BCUT2D eigenvalue weighted by atomic mass is 10.1. The molecule has 0 aliphatic carbocycles. The van der Waals surface area contributed by atoms with Crippen molar-refractivity contribution in [3.8, 4) is 11.5 Å². The molecule has 2 heteroatoms. The third-order valence-electron chi connectivity index (χ3n) is 4.17. The van der Waals surface area contributed by atoms with Gasteiger partial charge in [0.1, 0.15) is 11.5 Å². The Labute approximate surface area is 161 Å². The van der Waals surface area contributed by atoms with Crippen molar-refractivity contribution in [3.63, 3.8) is 0 Å². The predicted molar refractivity (Wildman–Crippen MR) is 115 cm³/mol. The second-order valence-corrected chi connectivity index (χ2v) is 6.05. The predicted octanol–water partition coefficient (Wildman–Crippen LogP) is 6.43. The van der Waals surface area contributed by atoms with Crippen molar-refractivity contribution < 1.29 is 9.47 Å². The highest BCUT2D eigenvalue weighted by Crippen LogP contribution is 2.32. The lowest BCUT2D eigenvalue weighted by Crippen LogP contribution is -1.97. The minimum atomic E-state index is 0.611. The first-order chi connectivity index (χ1) is 13.3. The summed E-state index contributed by atoms with van der Waals surface area (Å²) in [7, 11) is 1.69. The third-order valence-corrected chi connectivity index (χ3v) is 4.17. The Balaban J connectivity index is 1.95. The molecule has 0 amide bonds. The molecule has 0 bridgehead atoms. The average molecular weight is 356 g/mol. The second kappa shape index (κ2) is 9.44. The molecule has 0 unspecified atom stereocenters. The van der Waals surface area contributed by atoms with Crippen LogP contribution < -0.4 is 9.47 Å². The summed E-state index contributed by atoms with van der Waals surface area (Å²) in [6.07, 6.45) is 8.28. The number of methoxy groups -OCH3 is 1. The average Bonchev–Trinajstić information content (AvgIpc) is 2.73. The fourth-order valence-electron chi connectivity index (χ4n) is 2.81. The highest BCUT2D eigenvalue weighted by Gasteiger charge is 2.08. The largest absolute Gasteiger partial charge is 0.496 e. The molecule has 136 valence electrons. The molecule has 0 aliphatic heterocycles. The molecule has 0 saturated carbocycles. The van der Waals surface area contributed by atoms with Crippen LogP contribution in [-0.4, -0.2) is 13.7 Å². The van der Waals surface area contributed by atoms with Crippen LogP contribution in [0.5, 0.6) is 11.5 Å². The van der Waals surface area contributed by atoms with Gasteiger partial charge in [-0.25, -0.2) is 0 Å². The number of hydrogen-bond donors (Lipinski definition) is 0. The fourth-order valence-corrected chi connectivity index (χ4v) is 2.81. The molecule has 0 aliphatic rings. The van der Waals surface area contributed by atoms with Gasteiger partial charge in [-0.15, -0.1) is 0 Å². The van der Waals surface area contributed by atoms with E-state index in [0.717, 1.165) is 33.8 Å². The van der Waals surface area contributed by atoms with E-state index < -0.39 is 0 Å². The fraction of sp³-hybridized carbons (Fsp3) is 0.120. The van der Waals surface area contributed by atoms with Crippen LogP contribution in [0.3, 0.4) is 0 Å². The summed E-state index contributed by atoms with van der Waals surface area (Å²) in [6.45, 7) is 2.61. The maximum absolute atomic E-state index is 5.88. The van der Waals surface area contributed by atoms with Crippen LogP contribution in [0.15, 0.2) is 72.8 Å². The van der Waals surface area contributed by atoms with Crippen molar-refractivity contribution >= 4 is 24.3 Å². The van der Waals surface area contributed by atoms with Crippen LogP contribution >= 0.6 is 0 Å². The van der Waals surface area contributed by atoms with Crippen molar-refractivity contribution in [2.45, 2.75) is 6.92 Å². The monoisotopic (exact) mass is 356 g/mol. The van der Waals surface area contributed by atoms with Crippen molar-refractivity contribution in [3.05, 3.63) is 95.1 Å². The molecule has 0 spiro atoms. The van der Waals surface area contributed by atoms with E-state index in [2.05, 4.69) is 48.6 Å². The van der Waals surface area contributed by atoms with Gasteiger partial charge in [0, 0.05) is 11.1 Å². The Morgan fingerprint density at radius 3 is 1.63 bits per heavy atom. The van der Waals surface area contributed by atoms with E-state index in [1.807, 2.05) is 55.5 Å². The van der Waals surface area contributed by atoms with E-state index in [9.17, 15) is 0 Å². The molecule has 2 nitrogen and oxygen atoms in total. The highest BCUT2D eigenvalue weighted by atomic mass is 16.5. The van der Waals surface area contributed by atoms with Gasteiger partial charge in [0.05, 0.1) is 13.7 Å². The van der Waals surface area contributed by atoms with Gasteiger partial charge in [-0.1, -0.05) is 85.0 Å². The normalized spacial score (nSPS) is 11.2. The Bertz CT molecular complexity index is 910. The topological polar surface area (TPSA) is 18.5 Å². The number of hydrogen-bond acceptors (Lipinski definition) is 2. The van der Waals surface area contributed by atoms with E-state index in [0.29, 0.717) is 6.61 Å². The van der Waals surface area contributed by atoms with E-state index in [1.54, 1.807) is 7.11 Å².